The zero-order valence-corrected chi connectivity index (χ0v) is 20.6. The molecule has 0 aromatic carbocycles. The second kappa shape index (κ2) is 16.2. The molecule has 0 unspecified atom stereocenters. The molecule has 0 aromatic heterocycles. The third-order valence-corrected chi connectivity index (χ3v) is 19.4. The van der Waals surface area contributed by atoms with E-state index in [4.69, 9.17) is 4.74 Å². The molecule has 0 N–H and O–H groups in total. The van der Waals surface area contributed by atoms with Crippen LogP contribution in [0, 0.1) is 0 Å². The number of ether oxygens (including phenoxy) is 1. The van der Waals surface area contributed by atoms with E-state index in [9.17, 15) is 0 Å². The normalized spacial score (nSPS) is 14.2. The van der Waals surface area contributed by atoms with Gasteiger partial charge in [0.15, 0.2) is 0 Å². The van der Waals surface area contributed by atoms with E-state index in [0.717, 1.165) is 12.8 Å². The molecule has 0 aliphatic rings. The van der Waals surface area contributed by atoms with Crippen LogP contribution in [0.15, 0.2) is 34.5 Å². The van der Waals surface area contributed by atoms with Crippen LogP contribution in [0.4, 0.5) is 0 Å². The van der Waals surface area contributed by atoms with Crippen molar-refractivity contribution in [2.75, 3.05) is 7.11 Å². The first-order valence-electron chi connectivity index (χ1n) is 10.6. The zero-order valence-electron chi connectivity index (χ0n) is 17.8. The van der Waals surface area contributed by atoms with E-state index >= 15 is 0 Å². The summed E-state index contributed by atoms with van der Waals surface area (Å²) >= 11 is -2.16. The maximum absolute atomic E-state index is 5.77. The Kier molecular flexibility index (Phi) is 16.2. The summed E-state index contributed by atoms with van der Waals surface area (Å²) in [5.41, 5.74) is 1.26. The summed E-state index contributed by atoms with van der Waals surface area (Å²) in [6.07, 6.45) is 17.4. The van der Waals surface area contributed by atoms with Gasteiger partial charge in [-0.3, -0.25) is 0 Å². The van der Waals surface area contributed by atoms with Gasteiger partial charge in [0.05, 0.1) is 0 Å². The Morgan fingerprint density at radius 2 is 1.52 bits per heavy atom. The van der Waals surface area contributed by atoms with Gasteiger partial charge in [0, 0.05) is 0 Å². The van der Waals surface area contributed by atoms with Crippen LogP contribution in [0.2, 0.25) is 13.3 Å². The van der Waals surface area contributed by atoms with E-state index in [1.54, 1.807) is 0 Å². The Balaban J connectivity index is 5.04. The number of allylic oxidation sites excluding steroid dienone is 3. The molecule has 0 saturated carbocycles. The van der Waals surface area contributed by atoms with Crippen LogP contribution in [-0.4, -0.2) is 31.6 Å². The summed E-state index contributed by atoms with van der Waals surface area (Å²) in [5.74, 6) is 0. The fourth-order valence-corrected chi connectivity index (χ4v) is 17.8. The van der Waals surface area contributed by atoms with Crippen molar-refractivity contribution in [1.29, 1.82) is 0 Å². The van der Waals surface area contributed by atoms with Crippen molar-refractivity contribution in [2.24, 2.45) is 0 Å². The first kappa shape index (κ1) is 25.0. The second-order valence-electron chi connectivity index (χ2n) is 7.54. The minimum atomic E-state index is -2.16. The second-order valence-corrected chi connectivity index (χ2v) is 20.5. The van der Waals surface area contributed by atoms with Crippen LogP contribution in [0.1, 0.15) is 79.1 Å². The molecule has 0 aliphatic carbocycles. The summed E-state index contributed by atoms with van der Waals surface area (Å²) in [6.45, 7) is 13.0. The SMILES string of the molecule is C=C/C(C)=C\CC[C@@H](/C=[CH]/[Sn]([CH2]CCC)([CH2]CCC)[CH2]CCC)OC. The topological polar surface area (TPSA) is 9.23 Å². The molecule has 0 rings (SSSR count). The third kappa shape index (κ3) is 12.1. The van der Waals surface area contributed by atoms with E-state index in [1.807, 2.05) is 13.2 Å². The number of hydrogen-bond acceptors (Lipinski definition) is 1. The van der Waals surface area contributed by atoms with Crippen molar-refractivity contribution in [3.05, 3.63) is 34.5 Å². The molecule has 0 aliphatic heterocycles. The molecular formula is C23H44OSn. The monoisotopic (exact) mass is 456 g/mol. The van der Waals surface area contributed by atoms with Gasteiger partial charge in [0.1, 0.15) is 0 Å². The molecule has 146 valence electrons. The van der Waals surface area contributed by atoms with E-state index in [1.165, 1.54) is 57.4 Å². The van der Waals surface area contributed by atoms with Crippen molar-refractivity contribution in [2.45, 2.75) is 98.5 Å². The Labute approximate surface area is 162 Å². The molecule has 1 atom stereocenters. The number of unbranched alkanes of at least 4 members (excludes halogenated alkanes) is 3. The molecule has 0 aromatic rings. The van der Waals surface area contributed by atoms with Gasteiger partial charge in [-0.2, -0.15) is 0 Å². The average molecular weight is 455 g/mol. The van der Waals surface area contributed by atoms with Gasteiger partial charge >= 0.3 is 163 Å². The van der Waals surface area contributed by atoms with E-state index in [-0.39, 0.29) is 6.10 Å². The average Bonchev–Trinajstić information content (AvgIpc) is 2.64. The molecular weight excluding hydrogens is 411 g/mol. The van der Waals surface area contributed by atoms with E-state index in [2.05, 4.69) is 50.5 Å². The Bertz CT molecular complexity index is 362. The van der Waals surface area contributed by atoms with Gasteiger partial charge in [-0.15, -0.1) is 0 Å². The van der Waals surface area contributed by atoms with Crippen molar-refractivity contribution in [1.82, 2.24) is 0 Å². The molecule has 2 heteroatoms. The van der Waals surface area contributed by atoms with Gasteiger partial charge in [0.2, 0.25) is 0 Å². The molecule has 0 spiro atoms. The van der Waals surface area contributed by atoms with Gasteiger partial charge in [0.25, 0.3) is 0 Å². The van der Waals surface area contributed by atoms with Gasteiger partial charge in [-0.1, -0.05) is 0 Å². The summed E-state index contributed by atoms with van der Waals surface area (Å²) in [4.78, 5) is 0. The van der Waals surface area contributed by atoms with E-state index < -0.39 is 18.4 Å². The first-order valence-corrected chi connectivity index (χ1v) is 18.3. The third-order valence-electron chi connectivity index (χ3n) is 5.29. The van der Waals surface area contributed by atoms with Crippen LogP contribution in [0.5, 0.6) is 0 Å². The maximum atomic E-state index is 5.77. The van der Waals surface area contributed by atoms with Crippen LogP contribution < -0.4 is 0 Å². The molecule has 1 nitrogen and oxygen atoms in total. The van der Waals surface area contributed by atoms with Gasteiger partial charge in [-0.25, -0.2) is 0 Å². The Hall–Kier alpha value is -0.0213. The molecule has 0 saturated heterocycles. The molecule has 0 amide bonds. The summed E-state index contributed by atoms with van der Waals surface area (Å²) in [6, 6.07) is 0. The van der Waals surface area contributed by atoms with Crippen LogP contribution in [0.3, 0.4) is 0 Å². The summed E-state index contributed by atoms with van der Waals surface area (Å²) in [7, 11) is 1.86. The van der Waals surface area contributed by atoms with Crippen LogP contribution in [-0.2, 0) is 4.74 Å². The Morgan fingerprint density at radius 3 is 1.92 bits per heavy atom. The zero-order chi connectivity index (χ0) is 19.0. The molecule has 0 radical (unpaired) electrons. The fraction of sp³-hybridized carbons (Fsp3) is 0.739. The van der Waals surface area contributed by atoms with Crippen molar-refractivity contribution in [3.63, 3.8) is 0 Å². The van der Waals surface area contributed by atoms with Gasteiger partial charge < -0.3 is 0 Å². The standard InChI is InChI=1S/C11H17O.3C4H9.Sn/c1-5-10(3)8-7-9-11(6-2)12-4;3*1-3-4-2;/h2,5-6,8,11H,1,7,9H2,3-4H3;3*1,3-4H2,2H3;/b6-2?,10-8-;;;;/t11-;;;;/m1..../s1. The first-order chi connectivity index (χ1) is 12.1. The van der Waals surface area contributed by atoms with Crippen molar-refractivity contribution < 1.29 is 4.74 Å². The van der Waals surface area contributed by atoms with Crippen molar-refractivity contribution in [3.8, 4) is 0 Å². The van der Waals surface area contributed by atoms with Gasteiger partial charge in [-0.05, 0) is 0 Å². The van der Waals surface area contributed by atoms with Crippen molar-refractivity contribution >= 4 is 18.4 Å². The molecule has 0 fully saturated rings. The minimum absolute atomic E-state index is 0.273. The molecule has 0 bridgehead atoms. The Morgan fingerprint density at radius 1 is 1.00 bits per heavy atom. The van der Waals surface area contributed by atoms with Crippen LogP contribution in [0.25, 0.3) is 0 Å². The predicted octanol–water partition coefficient (Wildman–Crippen LogP) is 7.86. The molecule has 25 heavy (non-hydrogen) atoms. The van der Waals surface area contributed by atoms with Crippen LogP contribution >= 0.6 is 0 Å². The van der Waals surface area contributed by atoms with E-state index in [0.29, 0.717) is 0 Å². The molecule has 0 heterocycles. The fourth-order valence-electron chi connectivity index (χ4n) is 3.37. The number of rotatable bonds is 16. The summed E-state index contributed by atoms with van der Waals surface area (Å²) < 4.78 is 13.1. The number of methoxy groups -OCH3 is 1. The predicted molar refractivity (Wildman–Crippen MR) is 118 cm³/mol. The summed E-state index contributed by atoms with van der Waals surface area (Å²) in [5, 5.41) is 0. The quantitative estimate of drug-likeness (QED) is 0.170. The number of hydrogen-bond donors (Lipinski definition) is 0.